The fourth-order valence-corrected chi connectivity index (χ4v) is 2.24. The molecule has 1 atom stereocenters. The number of aromatic nitrogens is 2. The van der Waals surface area contributed by atoms with E-state index in [2.05, 4.69) is 44.2 Å². The van der Waals surface area contributed by atoms with Crippen LogP contribution in [-0.4, -0.2) is 22.4 Å². The van der Waals surface area contributed by atoms with Crippen molar-refractivity contribution < 1.29 is 0 Å². The zero-order valence-corrected chi connectivity index (χ0v) is 12.7. The quantitative estimate of drug-likeness (QED) is 0.806. The van der Waals surface area contributed by atoms with Crippen molar-refractivity contribution in [2.75, 3.05) is 6.54 Å². The Hall–Kier alpha value is -0.830. The van der Waals surface area contributed by atoms with Gasteiger partial charge in [-0.15, -0.1) is 0 Å². The van der Waals surface area contributed by atoms with Gasteiger partial charge in [0.05, 0.1) is 5.69 Å². The fraction of sp³-hybridized carbons (Fsp3) is 0.800. The van der Waals surface area contributed by atoms with E-state index in [1.54, 1.807) is 0 Å². The van der Waals surface area contributed by atoms with E-state index in [0.29, 0.717) is 11.5 Å². The average Bonchev–Trinajstić information content (AvgIpc) is 2.67. The molecule has 0 saturated heterocycles. The molecule has 0 aliphatic rings. The fourth-order valence-electron chi connectivity index (χ4n) is 2.24. The molecule has 0 saturated carbocycles. The molecule has 3 nitrogen and oxygen atoms in total. The third-order valence-corrected chi connectivity index (χ3v) is 3.38. The summed E-state index contributed by atoms with van der Waals surface area (Å²) >= 11 is 0. The Kier molecular flexibility index (Phi) is 5.86. The highest BCUT2D eigenvalue weighted by atomic mass is 15.2. The van der Waals surface area contributed by atoms with Gasteiger partial charge in [-0.05, 0) is 43.7 Å². The van der Waals surface area contributed by atoms with Crippen molar-refractivity contribution in [3.8, 4) is 0 Å². The second-order valence-electron chi connectivity index (χ2n) is 6.25. The standard InChI is InChI=1S/C15H29N3/c1-6-11-16-14(15(2,3)4)9-7-8-13-10-12-18(5)17-13/h10,12,14,16H,6-9,11H2,1-5H3. The highest BCUT2D eigenvalue weighted by Gasteiger charge is 2.23. The van der Waals surface area contributed by atoms with Crippen molar-refractivity contribution in [3.05, 3.63) is 18.0 Å². The van der Waals surface area contributed by atoms with Crippen LogP contribution in [0, 0.1) is 5.41 Å². The summed E-state index contributed by atoms with van der Waals surface area (Å²) in [6.07, 6.45) is 6.73. The number of hydrogen-bond acceptors (Lipinski definition) is 2. The van der Waals surface area contributed by atoms with E-state index in [4.69, 9.17) is 0 Å². The molecule has 0 aliphatic heterocycles. The van der Waals surface area contributed by atoms with Gasteiger partial charge in [0.1, 0.15) is 0 Å². The minimum atomic E-state index is 0.333. The first-order chi connectivity index (χ1) is 8.43. The van der Waals surface area contributed by atoms with Crippen molar-refractivity contribution in [2.24, 2.45) is 12.5 Å². The van der Waals surface area contributed by atoms with Gasteiger partial charge in [-0.1, -0.05) is 27.7 Å². The predicted molar refractivity (Wildman–Crippen MR) is 77.7 cm³/mol. The molecular formula is C15H29N3. The van der Waals surface area contributed by atoms with E-state index in [1.807, 2.05) is 17.9 Å². The molecular weight excluding hydrogens is 222 g/mol. The lowest BCUT2D eigenvalue weighted by Gasteiger charge is -2.31. The van der Waals surface area contributed by atoms with Crippen LogP contribution in [0.4, 0.5) is 0 Å². The lowest BCUT2D eigenvalue weighted by Crippen LogP contribution is -2.40. The minimum Gasteiger partial charge on any atom is -0.313 e. The average molecular weight is 251 g/mol. The summed E-state index contributed by atoms with van der Waals surface area (Å²) in [5, 5.41) is 8.10. The number of rotatable bonds is 7. The van der Waals surface area contributed by atoms with Crippen LogP contribution in [0.25, 0.3) is 0 Å². The molecule has 0 spiro atoms. The van der Waals surface area contributed by atoms with Gasteiger partial charge < -0.3 is 5.32 Å². The third-order valence-electron chi connectivity index (χ3n) is 3.38. The molecule has 18 heavy (non-hydrogen) atoms. The van der Waals surface area contributed by atoms with Crippen LogP contribution >= 0.6 is 0 Å². The zero-order chi connectivity index (χ0) is 13.6. The van der Waals surface area contributed by atoms with Crippen LogP contribution in [0.2, 0.25) is 0 Å². The van der Waals surface area contributed by atoms with E-state index in [9.17, 15) is 0 Å². The second-order valence-corrected chi connectivity index (χ2v) is 6.25. The SMILES string of the molecule is CCCNC(CCCc1ccn(C)n1)C(C)(C)C. The summed E-state index contributed by atoms with van der Waals surface area (Å²) in [7, 11) is 1.98. The molecule has 0 amide bonds. The van der Waals surface area contributed by atoms with Gasteiger partial charge in [-0.2, -0.15) is 5.10 Å². The molecule has 1 rings (SSSR count). The highest BCUT2D eigenvalue weighted by Crippen LogP contribution is 2.23. The van der Waals surface area contributed by atoms with Gasteiger partial charge >= 0.3 is 0 Å². The van der Waals surface area contributed by atoms with Gasteiger partial charge in [-0.25, -0.2) is 0 Å². The molecule has 0 fully saturated rings. The van der Waals surface area contributed by atoms with Gasteiger partial charge in [0, 0.05) is 19.3 Å². The molecule has 1 aromatic heterocycles. The Morgan fingerprint density at radius 2 is 2.11 bits per heavy atom. The van der Waals surface area contributed by atoms with E-state index in [0.717, 1.165) is 13.0 Å². The summed E-state index contributed by atoms with van der Waals surface area (Å²) in [5.41, 5.74) is 1.54. The lowest BCUT2D eigenvalue weighted by molar-refractivity contribution is 0.251. The lowest BCUT2D eigenvalue weighted by atomic mass is 9.83. The largest absolute Gasteiger partial charge is 0.313 e. The summed E-state index contributed by atoms with van der Waals surface area (Å²) in [5.74, 6) is 0. The maximum Gasteiger partial charge on any atom is 0.0624 e. The van der Waals surface area contributed by atoms with Crippen molar-refractivity contribution >= 4 is 0 Å². The molecule has 0 radical (unpaired) electrons. The molecule has 104 valence electrons. The van der Waals surface area contributed by atoms with Crippen LogP contribution in [0.15, 0.2) is 12.3 Å². The van der Waals surface area contributed by atoms with Crippen molar-refractivity contribution in [1.82, 2.24) is 15.1 Å². The number of hydrogen-bond donors (Lipinski definition) is 1. The zero-order valence-electron chi connectivity index (χ0n) is 12.7. The number of nitrogens with one attached hydrogen (secondary N) is 1. The molecule has 1 heterocycles. The molecule has 0 bridgehead atoms. The first kappa shape index (κ1) is 15.2. The van der Waals surface area contributed by atoms with E-state index < -0.39 is 0 Å². The first-order valence-electron chi connectivity index (χ1n) is 7.15. The van der Waals surface area contributed by atoms with E-state index >= 15 is 0 Å². The smallest absolute Gasteiger partial charge is 0.0624 e. The summed E-state index contributed by atoms with van der Waals surface area (Å²) in [4.78, 5) is 0. The van der Waals surface area contributed by atoms with Gasteiger partial charge in [0.2, 0.25) is 0 Å². The maximum atomic E-state index is 4.43. The van der Waals surface area contributed by atoms with Gasteiger partial charge in [0.15, 0.2) is 0 Å². The van der Waals surface area contributed by atoms with Crippen LogP contribution in [-0.2, 0) is 13.5 Å². The van der Waals surface area contributed by atoms with E-state index in [1.165, 1.54) is 25.0 Å². The topological polar surface area (TPSA) is 29.9 Å². The Bertz CT molecular complexity index is 336. The first-order valence-corrected chi connectivity index (χ1v) is 7.15. The Morgan fingerprint density at radius 1 is 1.39 bits per heavy atom. The molecule has 1 N–H and O–H groups in total. The van der Waals surface area contributed by atoms with Crippen LogP contribution in [0.3, 0.4) is 0 Å². The molecule has 0 aromatic carbocycles. The monoisotopic (exact) mass is 251 g/mol. The molecule has 1 unspecified atom stereocenters. The Balaban J connectivity index is 2.37. The molecule has 0 aliphatic carbocycles. The number of nitrogens with zero attached hydrogens (tertiary/aromatic N) is 2. The molecule has 3 heteroatoms. The van der Waals surface area contributed by atoms with Gasteiger partial charge in [-0.3, -0.25) is 4.68 Å². The maximum absolute atomic E-state index is 4.43. The predicted octanol–water partition coefficient (Wildman–Crippen LogP) is 3.16. The van der Waals surface area contributed by atoms with Crippen molar-refractivity contribution in [2.45, 2.75) is 59.4 Å². The van der Waals surface area contributed by atoms with E-state index in [-0.39, 0.29) is 0 Å². The second kappa shape index (κ2) is 6.93. The van der Waals surface area contributed by atoms with Crippen LogP contribution in [0.5, 0.6) is 0 Å². The summed E-state index contributed by atoms with van der Waals surface area (Å²) in [6.45, 7) is 10.3. The highest BCUT2D eigenvalue weighted by molar-refractivity contribution is 4.98. The molecule has 1 aromatic rings. The van der Waals surface area contributed by atoms with Crippen molar-refractivity contribution in [1.29, 1.82) is 0 Å². The van der Waals surface area contributed by atoms with Crippen molar-refractivity contribution in [3.63, 3.8) is 0 Å². The third kappa shape index (κ3) is 5.21. The number of aryl methyl sites for hydroxylation is 2. The Morgan fingerprint density at radius 3 is 2.61 bits per heavy atom. The van der Waals surface area contributed by atoms with Crippen LogP contribution in [0.1, 0.15) is 52.7 Å². The van der Waals surface area contributed by atoms with Crippen LogP contribution < -0.4 is 5.32 Å². The summed E-state index contributed by atoms with van der Waals surface area (Å²) in [6, 6.07) is 2.71. The Labute approximate surface area is 112 Å². The van der Waals surface area contributed by atoms with Gasteiger partial charge in [0.25, 0.3) is 0 Å². The minimum absolute atomic E-state index is 0.333. The normalized spacial score (nSPS) is 13.8. The summed E-state index contributed by atoms with van der Waals surface area (Å²) < 4.78 is 1.88.